The van der Waals surface area contributed by atoms with Crippen LogP contribution in [0.15, 0.2) is 12.2 Å². The zero-order valence-corrected chi connectivity index (χ0v) is 7.55. The second-order valence-electron chi connectivity index (χ2n) is 3.77. The molecule has 0 aromatic carbocycles. The molecule has 0 fully saturated rings. The van der Waals surface area contributed by atoms with Crippen molar-refractivity contribution in [3.05, 3.63) is 12.2 Å². The van der Waals surface area contributed by atoms with E-state index in [9.17, 15) is 4.79 Å². The van der Waals surface area contributed by atoms with E-state index in [1.54, 1.807) is 0 Å². The number of aliphatic carboxylic acids is 1. The van der Waals surface area contributed by atoms with Gasteiger partial charge in [-0.3, -0.25) is 4.79 Å². The largest absolute Gasteiger partial charge is 0.481 e. The summed E-state index contributed by atoms with van der Waals surface area (Å²) in [7, 11) is 0. The Morgan fingerprint density at radius 3 is 2.67 bits per heavy atom. The first-order chi connectivity index (χ1) is 5.65. The molecule has 0 bridgehead atoms. The van der Waals surface area contributed by atoms with E-state index in [0.717, 1.165) is 32.1 Å². The summed E-state index contributed by atoms with van der Waals surface area (Å²) < 4.78 is 0. The molecule has 0 unspecified atom stereocenters. The van der Waals surface area contributed by atoms with Gasteiger partial charge in [0.25, 0.3) is 0 Å². The van der Waals surface area contributed by atoms with Gasteiger partial charge in [-0.1, -0.05) is 12.2 Å². The monoisotopic (exact) mass is 168 g/mol. The highest BCUT2D eigenvalue weighted by Gasteiger charge is 2.31. The molecule has 12 heavy (non-hydrogen) atoms. The average Bonchev–Trinajstić information content (AvgIpc) is 1.97. The van der Waals surface area contributed by atoms with E-state index < -0.39 is 11.4 Å². The molecule has 0 spiro atoms. The van der Waals surface area contributed by atoms with Gasteiger partial charge in [0.05, 0.1) is 5.41 Å². The van der Waals surface area contributed by atoms with E-state index in [2.05, 4.69) is 12.2 Å². The van der Waals surface area contributed by atoms with Crippen LogP contribution in [0, 0.1) is 5.41 Å². The van der Waals surface area contributed by atoms with E-state index in [1.807, 2.05) is 6.92 Å². The highest BCUT2D eigenvalue weighted by atomic mass is 16.4. The van der Waals surface area contributed by atoms with Crippen LogP contribution in [0.2, 0.25) is 0 Å². The van der Waals surface area contributed by atoms with E-state index >= 15 is 0 Å². The minimum Gasteiger partial charge on any atom is -0.481 e. The van der Waals surface area contributed by atoms with Gasteiger partial charge >= 0.3 is 5.97 Å². The minimum absolute atomic E-state index is 0.481. The van der Waals surface area contributed by atoms with Crippen LogP contribution in [0.3, 0.4) is 0 Å². The second kappa shape index (κ2) is 3.74. The number of carboxylic acids is 1. The Balaban J connectivity index is 2.63. The molecule has 1 aliphatic carbocycles. The van der Waals surface area contributed by atoms with Crippen molar-refractivity contribution in [2.45, 2.75) is 39.0 Å². The van der Waals surface area contributed by atoms with Crippen LogP contribution in [0.4, 0.5) is 0 Å². The first-order valence-corrected chi connectivity index (χ1v) is 4.53. The number of rotatable bonds is 1. The normalized spacial score (nSPS) is 33.4. The van der Waals surface area contributed by atoms with Crippen LogP contribution >= 0.6 is 0 Å². The minimum atomic E-state index is -0.641. The predicted octanol–water partition coefficient (Wildman–Crippen LogP) is 2.60. The maximum absolute atomic E-state index is 10.9. The molecule has 1 rings (SSSR count). The van der Waals surface area contributed by atoms with Crippen molar-refractivity contribution in [1.29, 1.82) is 0 Å². The van der Waals surface area contributed by atoms with E-state index in [1.165, 1.54) is 0 Å². The average molecular weight is 168 g/mol. The molecule has 0 aromatic rings. The summed E-state index contributed by atoms with van der Waals surface area (Å²) in [5, 5.41) is 8.99. The fourth-order valence-electron chi connectivity index (χ4n) is 1.59. The number of hydrogen-bond acceptors (Lipinski definition) is 1. The topological polar surface area (TPSA) is 37.3 Å². The highest BCUT2D eigenvalue weighted by Crippen LogP contribution is 2.31. The Bertz CT molecular complexity index is 196. The summed E-state index contributed by atoms with van der Waals surface area (Å²) in [4.78, 5) is 10.9. The molecule has 2 nitrogen and oxygen atoms in total. The van der Waals surface area contributed by atoms with Crippen molar-refractivity contribution in [3.8, 4) is 0 Å². The van der Waals surface area contributed by atoms with Gasteiger partial charge in [0.1, 0.15) is 0 Å². The van der Waals surface area contributed by atoms with Crippen LogP contribution in [-0.2, 0) is 4.79 Å². The first kappa shape index (κ1) is 9.30. The van der Waals surface area contributed by atoms with Gasteiger partial charge < -0.3 is 5.11 Å². The second-order valence-corrected chi connectivity index (χ2v) is 3.77. The number of allylic oxidation sites excluding steroid dienone is 2. The van der Waals surface area contributed by atoms with Gasteiger partial charge in [0, 0.05) is 0 Å². The molecule has 1 aliphatic rings. The maximum Gasteiger partial charge on any atom is 0.309 e. The number of hydrogen-bond donors (Lipinski definition) is 1. The third kappa shape index (κ3) is 2.10. The molecule has 0 saturated carbocycles. The zero-order chi connectivity index (χ0) is 9.03. The molecular weight excluding hydrogens is 152 g/mol. The van der Waals surface area contributed by atoms with Crippen LogP contribution in [0.1, 0.15) is 39.0 Å². The quantitative estimate of drug-likeness (QED) is 0.611. The molecular formula is C10H16O2. The van der Waals surface area contributed by atoms with Gasteiger partial charge in [-0.15, -0.1) is 0 Å². The van der Waals surface area contributed by atoms with Gasteiger partial charge in [0.2, 0.25) is 0 Å². The van der Waals surface area contributed by atoms with E-state index in [4.69, 9.17) is 5.11 Å². The van der Waals surface area contributed by atoms with Crippen LogP contribution in [-0.4, -0.2) is 11.1 Å². The van der Waals surface area contributed by atoms with E-state index in [-0.39, 0.29) is 0 Å². The van der Waals surface area contributed by atoms with Crippen molar-refractivity contribution in [1.82, 2.24) is 0 Å². The lowest BCUT2D eigenvalue weighted by Crippen LogP contribution is -2.27. The lowest BCUT2D eigenvalue weighted by atomic mass is 9.79. The maximum atomic E-state index is 10.9. The summed E-state index contributed by atoms with van der Waals surface area (Å²) in [6.07, 6.45) is 8.78. The van der Waals surface area contributed by atoms with Gasteiger partial charge in [-0.2, -0.15) is 0 Å². The molecule has 1 N–H and O–H groups in total. The Morgan fingerprint density at radius 2 is 2.00 bits per heavy atom. The molecule has 0 aromatic heterocycles. The lowest BCUT2D eigenvalue weighted by Gasteiger charge is -2.24. The molecule has 0 aliphatic heterocycles. The number of carbonyl (C=O) groups is 1. The summed E-state index contributed by atoms with van der Waals surface area (Å²) in [6.45, 7) is 1.86. The summed E-state index contributed by atoms with van der Waals surface area (Å²) in [5.41, 5.74) is -0.481. The SMILES string of the molecule is C[C@@]1(C(=O)O)CC/C=C/CCC1. The van der Waals surface area contributed by atoms with Crippen molar-refractivity contribution < 1.29 is 9.90 Å². The zero-order valence-electron chi connectivity index (χ0n) is 7.55. The van der Waals surface area contributed by atoms with Crippen LogP contribution in [0.5, 0.6) is 0 Å². The molecule has 0 radical (unpaired) electrons. The van der Waals surface area contributed by atoms with Crippen molar-refractivity contribution >= 4 is 5.97 Å². The van der Waals surface area contributed by atoms with Crippen molar-refractivity contribution in [3.63, 3.8) is 0 Å². The summed E-state index contributed by atoms with van der Waals surface area (Å²) in [5.74, 6) is -0.641. The molecule has 68 valence electrons. The molecule has 1 atom stereocenters. The molecule has 2 heteroatoms. The molecule has 0 saturated heterocycles. The fraction of sp³-hybridized carbons (Fsp3) is 0.700. The molecule has 0 heterocycles. The summed E-state index contributed by atoms with van der Waals surface area (Å²) in [6, 6.07) is 0. The summed E-state index contributed by atoms with van der Waals surface area (Å²) >= 11 is 0. The Morgan fingerprint density at radius 1 is 1.33 bits per heavy atom. The van der Waals surface area contributed by atoms with E-state index in [0.29, 0.717) is 0 Å². The van der Waals surface area contributed by atoms with Gasteiger partial charge in [-0.05, 0) is 39.0 Å². The van der Waals surface area contributed by atoms with Crippen LogP contribution < -0.4 is 0 Å². The fourth-order valence-corrected chi connectivity index (χ4v) is 1.59. The smallest absolute Gasteiger partial charge is 0.309 e. The highest BCUT2D eigenvalue weighted by molar-refractivity contribution is 5.74. The predicted molar refractivity (Wildman–Crippen MR) is 48.0 cm³/mol. The standard InChI is InChI=1S/C10H16O2/c1-10(9(11)12)7-5-3-2-4-6-8-10/h2-3H,4-8H2,1H3,(H,11,12)/b3-2+/t10-/m1/s1. The third-order valence-corrected chi connectivity index (χ3v) is 2.65. The first-order valence-electron chi connectivity index (χ1n) is 4.53. The van der Waals surface area contributed by atoms with Crippen molar-refractivity contribution in [2.24, 2.45) is 5.41 Å². The Hall–Kier alpha value is -0.790. The van der Waals surface area contributed by atoms with Gasteiger partial charge in [-0.25, -0.2) is 0 Å². The Kier molecular flexibility index (Phi) is 2.90. The lowest BCUT2D eigenvalue weighted by molar-refractivity contribution is -0.148. The van der Waals surface area contributed by atoms with Crippen LogP contribution in [0.25, 0.3) is 0 Å². The third-order valence-electron chi connectivity index (χ3n) is 2.65. The number of carboxylic acid groups (broad SMARTS) is 1. The van der Waals surface area contributed by atoms with Crippen molar-refractivity contribution in [2.75, 3.05) is 0 Å². The molecule has 0 amide bonds. The Labute approximate surface area is 73.3 Å². The van der Waals surface area contributed by atoms with Gasteiger partial charge in [0.15, 0.2) is 0 Å².